The number of rotatable bonds is 8. The minimum Gasteiger partial charge on any atom is -0.352 e. The fraction of sp³-hybridized carbons (Fsp3) is 0.522. The lowest BCUT2D eigenvalue weighted by Gasteiger charge is -2.22. The molecule has 0 spiro atoms. The number of carbonyl (C=O) groups is 2. The van der Waals surface area contributed by atoms with Crippen LogP contribution in [0.25, 0.3) is 0 Å². The van der Waals surface area contributed by atoms with Gasteiger partial charge in [0.05, 0.1) is 5.56 Å². The second-order valence-corrected chi connectivity index (χ2v) is 9.36. The zero-order chi connectivity index (χ0) is 19.3. The van der Waals surface area contributed by atoms with Crippen molar-refractivity contribution in [3.63, 3.8) is 0 Å². The highest BCUT2D eigenvalue weighted by Gasteiger charge is 2.39. The molecule has 28 heavy (non-hydrogen) atoms. The van der Waals surface area contributed by atoms with Crippen molar-refractivity contribution < 1.29 is 9.59 Å². The van der Waals surface area contributed by atoms with Gasteiger partial charge in [-0.1, -0.05) is 24.1 Å². The van der Waals surface area contributed by atoms with Crippen LogP contribution < -0.4 is 5.32 Å². The molecular formula is C23H28N2O2S. The summed E-state index contributed by atoms with van der Waals surface area (Å²) < 4.78 is 0. The van der Waals surface area contributed by atoms with E-state index in [0.29, 0.717) is 17.9 Å². The number of hydrogen-bond acceptors (Lipinski definition) is 4. The van der Waals surface area contributed by atoms with E-state index in [2.05, 4.69) is 10.3 Å². The normalized spacial score (nSPS) is 25.8. The molecule has 3 atom stereocenters. The number of nitrogens with one attached hydrogen (secondary N) is 1. The average molecular weight is 397 g/mol. The molecule has 0 radical (unpaired) electrons. The molecule has 1 aromatic heterocycles. The number of thioether (sulfide) groups is 1. The number of amides is 1. The van der Waals surface area contributed by atoms with Gasteiger partial charge in [-0.25, -0.2) is 4.98 Å². The lowest BCUT2D eigenvalue weighted by atomic mass is 9.89. The fourth-order valence-corrected chi connectivity index (χ4v) is 5.83. The van der Waals surface area contributed by atoms with Crippen LogP contribution >= 0.6 is 11.8 Å². The van der Waals surface area contributed by atoms with Crippen LogP contribution in [0, 0.1) is 17.8 Å². The van der Waals surface area contributed by atoms with E-state index < -0.39 is 0 Å². The van der Waals surface area contributed by atoms with Crippen molar-refractivity contribution >= 4 is 23.5 Å². The maximum atomic E-state index is 12.7. The minimum atomic E-state index is 0.00379. The first kappa shape index (κ1) is 19.4. The summed E-state index contributed by atoms with van der Waals surface area (Å²) in [6.07, 6.45) is 15.1. The molecule has 0 aliphatic heterocycles. The number of aromatic nitrogens is 1. The van der Waals surface area contributed by atoms with Crippen molar-refractivity contribution in [1.29, 1.82) is 0 Å². The molecule has 2 bridgehead atoms. The third-order valence-electron chi connectivity index (χ3n) is 6.32. The Hall–Kier alpha value is -1.88. The lowest BCUT2D eigenvalue weighted by molar-refractivity contribution is -0.114. The van der Waals surface area contributed by atoms with Crippen LogP contribution in [0.4, 0.5) is 0 Å². The molecule has 3 unspecified atom stereocenters. The Balaban J connectivity index is 1.25. The van der Waals surface area contributed by atoms with Crippen molar-refractivity contribution in [2.24, 2.45) is 17.8 Å². The summed E-state index contributed by atoms with van der Waals surface area (Å²) in [6.45, 7) is 0.800. The van der Waals surface area contributed by atoms with E-state index >= 15 is 0 Å². The Morgan fingerprint density at radius 2 is 2.21 bits per heavy atom. The van der Waals surface area contributed by atoms with Gasteiger partial charge in [-0.3, -0.25) is 9.59 Å². The maximum absolute atomic E-state index is 12.7. The fourth-order valence-electron chi connectivity index (χ4n) is 4.90. The van der Waals surface area contributed by atoms with Gasteiger partial charge < -0.3 is 5.32 Å². The van der Waals surface area contributed by atoms with E-state index in [9.17, 15) is 9.59 Å². The maximum Gasteiger partial charge on any atom is 0.254 e. The van der Waals surface area contributed by atoms with Gasteiger partial charge in [0.15, 0.2) is 5.78 Å². The predicted molar refractivity (Wildman–Crippen MR) is 112 cm³/mol. The number of pyridine rings is 1. The SMILES string of the molecule is O=C1C=CC=C(CCCSc2ncccc2C(=O)NCC2CC3CCC2C3)C1. The zero-order valence-electron chi connectivity index (χ0n) is 16.2. The molecule has 5 heteroatoms. The van der Waals surface area contributed by atoms with Crippen molar-refractivity contribution in [3.8, 4) is 0 Å². The van der Waals surface area contributed by atoms with Gasteiger partial charge in [-0.2, -0.15) is 0 Å². The van der Waals surface area contributed by atoms with Crippen LogP contribution in [0.2, 0.25) is 0 Å². The third kappa shape index (κ3) is 4.75. The highest BCUT2D eigenvalue weighted by atomic mass is 32.2. The van der Waals surface area contributed by atoms with E-state index in [0.717, 1.165) is 42.0 Å². The number of nitrogens with zero attached hydrogens (tertiary/aromatic N) is 1. The smallest absolute Gasteiger partial charge is 0.254 e. The molecule has 0 aromatic carbocycles. The second-order valence-electron chi connectivity index (χ2n) is 8.28. The number of carbonyl (C=O) groups excluding carboxylic acids is 2. The van der Waals surface area contributed by atoms with Crippen LogP contribution in [0.1, 0.15) is 55.3 Å². The zero-order valence-corrected chi connectivity index (χ0v) is 17.0. The minimum absolute atomic E-state index is 0.00379. The quantitative estimate of drug-likeness (QED) is 0.516. The molecule has 1 aromatic rings. The van der Waals surface area contributed by atoms with Crippen LogP contribution in [0.5, 0.6) is 0 Å². The monoisotopic (exact) mass is 396 g/mol. The third-order valence-corrected chi connectivity index (χ3v) is 7.41. The average Bonchev–Trinajstić information content (AvgIpc) is 3.33. The van der Waals surface area contributed by atoms with Crippen molar-refractivity contribution in [2.45, 2.75) is 50.0 Å². The number of hydrogen-bond donors (Lipinski definition) is 1. The van der Waals surface area contributed by atoms with Crippen LogP contribution in [-0.2, 0) is 4.79 Å². The van der Waals surface area contributed by atoms with Gasteiger partial charge in [0.1, 0.15) is 5.03 Å². The highest BCUT2D eigenvalue weighted by Crippen LogP contribution is 2.47. The van der Waals surface area contributed by atoms with E-state index in [-0.39, 0.29) is 11.7 Å². The molecule has 4 rings (SSSR count). The number of ketones is 1. The topological polar surface area (TPSA) is 59.1 Å². The van der Waals surface area contributed by atoms with Gasteiger partial charge in [-0.15, -0.1) is 11.8 Å². The van der Waals surface area contributed by atoms with Crippen molar-refractivity contribution in [1.82, 2.24) is 10.3 Å². The molecular weight excluding hydrogens is 368 g/mol. The Morgan fingerprint density at radius 3 is 3.00 bits per heavy atom. The number of allylic oxidation sites excluding steroid dienone is 4. The van der Waals surface area contributed by atoms with Crippen LogP contribution in [-0.4, -0.2) is 29.0 Å². The highest BCUT2D eigenvalue weighted by molar-refractivity contribution is 7.99. The van der Waals surface area contributed by atoms with Gasteiger partial charge >= 0.3 is 0 Å². The predicted octanol–water partition coefficient (Wildman–Crippen LogP) is 4.58. The summed E-state index contributed by atoms with van der Waals surface area (Å²) >= 11 is 1.63. The summed E-state index contributed by atoms with van der Waals surface area (Å²) in [4.78, 5) is 28.6. The van der Waals surface area contributed by atoms with E-state index in [1.165, 1.54) is 31.3 Å². The van der Waals surface area contributed by atoms with Gasteiger partial charge in [0.2, 0.25) is 0 Å². The lowest BCUT2D eigenvalue weighted by Crippen LogP contribution is -2.32. The molecule has 3 aliphatic rings. The van der Waals surface area contributed by atoms with E-state index in [1.807, 2.05) is 24.3 Å². The standard InChI is InChI=1S/C23H28N2O2S/c26-20-6-1-4-16(14-20)5-3-11-28-23-21(7-2-10-24-23)22(27)25-15-19-13-17-8-9-18(19)12-17/h1-2,4,6-7,10,17-19H,3,5,8-9,11-15H2,(H,25,27). The Morgan fingerprint density at radius 1 is 1.29 bits per heavy atom. The Labute approximate surface area is 171 Å². The molecule has 1 amide bonds. The summed E-state index contributed by atoms with van der Waals surface area (Å²) in [7, 11) is 0. The second kappa shape index (κ2) is 9.08. The Bertz CT molecular complexity index is 802. The first-order valence-electron chi connectivity index (χ1n) is 10.4. The van der Waals surface area contributed by atoms with Gasteiger partial charge in [0.25, 0.3) is 5.91 Å². The summed E-state index contributed by atoms with van der Waals surface area (Å²) in [5.41, 5.74) is 1.88. The molecule has 0 saturated heterocycles. The summed E-state index contributed by atoms with van der Waals surface area (Å²) in [6, 6.07) is 3.71. The number of fused-ring (bicyclic) bond motifs is 2. The van der Waals surface area contributed by atoms with Crippen molar-refractivity contribution in [2.75, 3.05) is 12.3 Å². The molecule has 2 fully saturated rings. The first-order valence-corrected chi connectivity index (χ1v) is 11.4. The van der Waals surface area contributed by atoms with E-state index in [4.69, 9.17) is 0 Å². The molecule has 1 N–H and O–H groups in total. The van der Waals surface area contributed by atoms with Gasteiger partial charge in [0, 0.05) is 19.2 Å². The van der Waals surface area contributed by atoms with Crippen LogP contribution in [0.15, 0.2) is 47.2 Å². The molecule has 1 heterocycles. The molecule has 4 nitrogen and oxygen atoms in total. The molecule has 148 valence electrons. The van der Waals surface area contributed by atoms with Gasteiger partial charge in [-0.05, 0) is 73.8 Å². The Kier molecular flexibility index (Phi) is 6.30. The summed E-state index contributed by atoms with van der Waals surface area (Å²) in [5.74, 6) is 3.47. The van der Waals surface area contributed by atoms with Crippen LogP contribution in [0.3, 0.4) is 0 Å². The molecule has 3 aliphatic carbocycles. The first-order chi connectivity index (χ1) is 13.7. The largest absolute Gasteiger partial charge is 0.352 e. The van der Waals surface area contributed by atoms with Crippen molar-refractivity contribution in [3.05, 3.63) is 47.7 Å². The van der Waals surface area contributed by atoms with E-state index in [1.54, 1.807) is 24.0 Å². The molecule has 2 saturated carbocycles. The summed E-state index contributed by atoms with van der Waals surface area (Å²) in [5, 5.41) is 3.97.